The zero-order valence-electron chi connectivity index (χ0n) is 15.7. The molecule has 0 bridgehead atoms. The summed E-state index contributed by atoms with van der Waals surface area (Å²) < 4.78 is 2.14. The maximum absolute atomic E-state index is 5.34. The lowest BCUT2D eigenvalue weighted by atomic mass is 9.87. The van der Waals surface area contributed by atoms with Gasteiger partial charge in [0.25, 0.3) is 0 Å². The van der Waals surface area contributed by atoms with Crippen LogP contribution in [0.25, 0.3) is 11.4 Å². The molecule has 4 nitrogen and oxygen atoms in total. The Bertz CT molecular complexity index is 955. The number of hydrogen-bond donors (Lipinski definition) is 1. The highest BCUT2D eigenvalue weighted by molar-refractivity contribution is 7.71. The summed E-state index contributed by atoms with van der Waals surface area (Å²) in [5.74, 6) is 0.705. The number of aromatic nitrogens is 3. The molecule has 0 saturated carbocycles. The minimum atomic E-state index is 0.117. The predicted octanol–water partition coefficient (Wildman–Crippen LogP) is 5.35. The molecule has 0 atom stereocenters. The van der Waals surface area contributed by atoms with E-state index in [4.69, 9.17) is 12.2 Å². The number of aromatic amines is 1. The summed E-state index contributed by atoms with van der Waals surface area (Å²) >= 11 is 5.34. The third-order valence-electron chi connectivity index (χ3n) is 4.37. The van der Waals surface area contributed by atoms with Gasteiger partial charge in [0.2, 0.25) is 4.77 Å². The zero-order valence-corrected chi connectivity index (χ0v) is 16.5. The molecule has 0 amide bonds. The SMILES string of the molecule is CCc1ccc(/C=N\n2c(-c3ccc(C(C)(C)C)cc3)n[nH]c2=S)cc1. The Balaban J connectivity index is 1.91. The Morgan fingerprint density at radius 1 is 1.08 bits per heavy atom. The van der Waals surface area contributed by atoms with E-state index in [1.165, 1.54) is 11.1 Å². The molecule has 26 heavy (non-hydrogen) atoms. The van der Waals surface area contributed by atoms with Gasteiger partial charge >= 0.3 is 0 Å². The van der Waals surface area contributed by atoms with Crippen LogP contribution in [0.4, 0.5) is 0 Å². The highest BCUT2D eigenvalue weighted by atomic mass is 32.1. The molecule has 134 valence electrons. The molecule has 0 fully saturated rings. The van der Waals surface area contributed by atoms with Gasteiger partial charge in [0.15, 0.2) is 5.82 Å². The van der Waals surface area contributed by atoms with Gasteiger partial charge in [-0.15, -0.1) is 0 Å². The highest BCUT2D eigenvalue weighted by Crippen LogP contribution is 2.25. The van der Waals surface area contributed by atoms with Crippen LogP contribution in [0, 0.1) is 4.77 Å². The average molecular weight is 365 g/mol. The van der Waals surface area contributed by atoms with Crippen molar-refractivity contribution in [1.82, 2.24) is 14.9 Å². The topological polar surface area (TPSA) is 46.0 Å². The van der Waals surface area contributed by atoms with Gasteiger partial charge in [-0.2, -0.15) is 14.9 Å². The largest absolute Gasteiger partial charge is 0.250 e. The van der Waals surface area contributed by atoms with Crippen molar-refractivity contribution in [2.75, 3.05) is 0 Å². The number of nitrogens with one attached hydrogen (secondary N) is 1. The van der Waals surface area contributed by atoms with Gasteiger partial charge in [0.1, 0.15) is 0 Å². The molecule has 0 spiro atoms. The molecule has 1 heterocycles. The van der Waals surface area contributed by atoms with Gasteiger partial charge < -0.3 is 0 Å². The second-order valence-electron chi connectivity index (χ2n) is 7.33. The second-order valence-corrected chi connectivity index (χ2v) is 7.72. The third-order valence-corrected chi connectivity index (χ3v) is 4.63. The first-order valence-corrected chi connectivity index (χ1v) is 9.21. The van der Waals surface area contributed by atoms with Gasteiger partial charge in [-0.3, -0.25) is 0 Å². The summed E-state index contributed by atoms with van der Waals surface area (Å²) in [6.45, 7) is 8.75. The summed E-state index contributed by atoms with van der Waals surface area (Å²) in [6.07, 6.45) is 2.83. The Hall–Kier alpha value is -2.53. The van der Waals surface area contributed by atoms with Crippen molar-refractivity contribution in [2.24, 2.45) is 5.10 Å². The van der Waals surface area contributed by atoms with Crippen molar-refractivity contribution in [3.05, 3.63) is 70.0 Å². The molecule has 2 aromatic carbocycles. The smallest absolute Gasteiger partial charge is 0.216 e. The molecule has 5 heteroatoms. The fourth-order valence-electron chi connectivity index (χ4n) is 2.67. The number of aryl methyl sites for hydroxylation is 1. The lowest BCUT2D eigenvalue weighted by Gasteiger charge is -2.18. The standard InChI is InChI=1S/C21H24N4S/c1-5-15-6-8-16(9-7-15)14-22-25-19(23-24-20(25)26)17-10-12-18(13-11-17)21(2,3)4/h6-14H,5H2,1-4H3,(H,24,26)/b22-14-. The average Bonchev–Trinajstić information content (AvgIpc) is 3.00. The third kappa shape index (κ3) is 3.99. The summed E-state index contributed by atoms with van der Waals surface area (Å²) in [5, 5.41) is 11.7. The van der Waals surface area contributed by atoms with E-state index in [1.54, 1.807) is 10.9 Å². The van der Waals surface area contributed by atoms with Crippen LogP contribution in [0.15, 0.2) is 53.6 Å². The predicted molar refractivity (Wildman–Crippen MR) is 110 cm³/mol. The Morgan fingerprint density at radius 2 is 1.73 bits per heavy atom. The normalized spacial score (nSPS) is 12.0. The van der Waals surface area contributed by atoms with Crippen LogP contribution in [0.5, 0.6) is 0 Å². The summed E-state index contributed by atoms with van der Waals surface area (Å²) in [6, 6.07) is 16.7. The molecular formula is C21H24N4S. The summed E-state index contributed by atoms with van der Waals surface area (Å²) in [7, 11) is 0. The van der Waals surface area contributed by atoms with E-state index in [9.17, 15) is 0 Å². The molecule has 0 aliphatic heterocycles. The minimum Gasteiger partial charge on any atom is -0.250 e. The molecule has 0 radical (unpaired) electrons. The molecular weight excluding hydrogens is 340 g/mol. The van der Waals surface area contributed by atoms with Crippen LogP contribution in [-0.4, -0.2) is 21.1 Å². The molecule has 0 aliphatic rings. The van der Waals surface area contributed by atoms with Crippen LogP contribution in [0.3, 0.4) is 0 Å². The lowest BCUT2D eigenvalue weighted by Crippen LogP contribution is -2.10. The van der Waals surface area contributed by atoms with Crippen molar-refractivity contribution in [1.29, 1.82) is 0 Å². The minimum absolute atomic E-state index is 0.117. The van der Waals surface area contributed by atoms with Crippen LogP contribution < -0.4 is 0 Å². The van der Waals surface area contributed by atoms with Crippen molar-refractivity contribution < 1.29 is 0 Å². The van der Waals surface area contributed by atoms with Crippen molar-refractivity contribution in [3.8, 4) is 11.4 Å². The number of nitrogens with zero attached hydrogens (tertiary/aromatic N) is 3. The molecule has 0 aliphatic carbocycles. The van der Waals surface area contributed by atoms with E-state index in [0.29, 0.717) is 10.6 Å². The maximum Gasteiger partial charge on any atom is 0.216 e. The van der Waals surface area contributed by atoms with Gasteiger partial charge in [0.05, 0.1) is 6.21 Å². The summed E-state index contributed by atoms with van der Waals surface area (Å²) in [5.41, 5.74) is 4.71. The van der Waals surface area contributed by atoms with E-state index in [1.807, 2.05) is 0 Å². The van der Waals surface area contributed by atoms with E-state index in [0.717, 1.165) is 17.5 Å². The van der Waals surface area contributed by atoms with Gasteiger partial charge in [0, 0.05) is 5.56 Å². The van der Waals surface area contributed by atoms with E-state index >= 15 is 0 Å². The number of rotatable bonds is 4. The molecule has 0 unspecified atom stereocenters. The zero-order chi connectivity index (χ0) is 18.7. The Kier molecular flexibility index (Phi) is 5.18. The van der Waals surface area contributed by atoms with Crippen molar-refractivity contribution in [2.45, 2.75) is 39.5 Å². The second kappa shape index (κ2) is 7.38. The van der Waals surface area contributed by atoms with E-state index < -0.39 is 0 Å². The monoisotopic (exact) mass is 364 g/mol. The molecule has 1 N–H and O–H groups in total. The molecule has 3 aromatic rings. The van der Waals surface area contributed by atoms with Crippen molar-refractivity contribution >= 4 is 18.4 Å². The van der Waals surface area contributed by atoms with Crippen LogP contribution in [-0.2, 0) is 11.8 Å². The number of hydrogen-bond acceptors (Lipinski definition) is 3. The molecule has 0 saturated heterocycles. The number of benzene rings is 2. The lowest BCUT2D eigenvalue weighted by molar-refractivity contribution is 0.590. The summed E-state index contributed by atoms with van der Waals surface area (Å²) in [4.78, 5) is 0. The van der Waals surface area contributed by atoms with E-state index in [-0.39, 0.29) is 5.41 Å². The first-order valence-electron chi connectivity index (χ1n) is 8.80. The van der Waals surface area contributed by atoms with Crippen LogP contribution in [0.1, 0.15) is 44.4 Å². The quantitative estimate of drug-likeness (QED) is 0.501. The molecule has 3 rings (SSSR count). The van der Waals surface area contributed by atoms with Crippen molar-refractivity contribution in [3.63, 3.8) is 0 Å². The molecule has 1 aromatic heterocycles. The maximum atomic E-state index is 5.34. The fraction of sp³-hybridized carbons (Fsp3) is 0.286. The fourth-order valence-corrected chi connectivity index (χ4v) is 2.85. The van der Waals surface area contributed by atoms with Gasteiger partial charge in [-0.05, 0) is 40.7 Å². The first-order chi connectivity index (χ1) is 12.4. The van der Waals surface area contributed by atoms with Gasteiger partial charge in [-0.1, -0.05) is 76.2 Å². The van der Waals surface area contributed by atoms with Gasteiger partial charge in [-0.25, -0.2) is 5.10 Å². The van der Waals surface area contributed by atoms with Crippen LogP contribution >= 0.6 is 12.2 Å². The van der Waals surface area contributed by atoms with Crippen LogP contribution in [0.2, 0.25) is 0 Å². The Labute approximate surface area is 159 Å². The van der Waals surface area contributed by atoms with E-state index in [2.05, 4.69) is 91.5 Å². The number of H-pyrrole nitrogens is 1. The first kappa shape index (κ1) is 18.3. The Morgan fingerprint density at radius 3 is 2.31 bits per heavy atom. The highest BCUT2D eigenvalue weighted by Gasteiger charge is 2.14.